The molecule has 3 aromatic rings. The van der Waals surface area contributed by atoms with E-state index in [1.165, 1.54) is 10.9 Å². The minimum absolute atomic E-state index is 0.141. The van der Waals surface area contributed by atoms with Gasteiger partial charge in [0.25, 0.3) is 0 Å². The molecule has 0 saturated heterocycles. The number of benzene rings is 2. The summed E-state index contributed by atoms with van der Waals surface area (Å²) in [6.07, 6.45) is 0.841. The van der Waals surface area contributed by atoms with Crippen molar-refractivity contribution in [1.29, 1.82) is 0 Å². The number of nitrogens with zero attached hydrogens (tertiary/aromatic N) is 1. The summed E-state index contributed by atoms with van der Waals surface area (Å²) < 4.78 is 0. The van der Waals surface area contributed by atoms with Crippen LogP contribution in [-0.2, 0) is 13.0 Å². The fraction of sp³-hybridized carbons (Fsp3) is 0.167. The molecule has 0 bridgehead atoms. The highest BCUT2D eigenvalue weighted by molar-refractivity contribution is 6.42. The summed E-state index contributed by atoms with van der Waals surface area (Å²) in [4.78, 5) is 17.7. The zero-order valence-electron chi connectivity index (χ0n) is 12.8. The number of aromatic nitrogens is 1. The van der Waals surface area contributed by atoms with E-state index >= 15 is 0 Å². The van der Waals surface area contributed by atoms with Gasteiger partial charge in [-0.25, -0.2) is 4.79 Å². The fourth-order valence-corrected chi connectivity index (χ4v) is 3.44. The first-order valence-electron chi connectivity index (χ1n) is 7.71. The number of anilines is 1. The average molecular weight is 360 g/mol. The number of aromatic amines is 1. The van der Waals surface area contributed by atoms with Crippen LogP contribution in [0.3, 0.4) is 0 Å². The molecule has 0 aliphatic carbocycles. The van der Waals surface area contributed by atoms with E-state index in [9.17, 15) is 4.79 Å². The third kappa shape index (κ3) is 2.72. The number of hydrogen-bond acceptors (Lipinski definition) is 1. The summed E-state index contributed by atoms with van der Waals surface area (Å²) in [7, 11) is 0. The number of halogens is 2. The molecule has 6 heteroatoms. The highest BCUT2D eigenvalue weighted by Crippen LogP contribution is 2.28. The third-order valence-electron chi connectivity index (χ3n) is 4.34. The van der Waals surface area contributed by atoms with Crippen LogP contribution in [0.5, 0.6) is 0 Å². The molecule has 2 aromatic carbocycles. The summed E-state index contributed by atoms with van der Waals surface area (Å²) >= 11 is 11.9. The number of urea groups is 1. The Morgan fingerprint density at radius 3 is 2.79 bits per heavy atom. The predicted octanol–water partition coefficient (Wildman–Crippen LogP) is 5.06. The van der Waals surface area contributed by atoms with E-state index in [-0.39, 0.29) is 6.03 Å². The number of fused-ring (bicyclic) bond motifs is 3. The van der Waals surface area contributed by atoms with E-state index in [4.69, 9.17) is 23.2 Å². The van der Waals surface area contributed by atoms with Crippen molar-refractivity contribution in [2.75, 3.05) is 11.9 Å². The lowest BCUT2D eigenvalue weighted by atomic mass is 10.0. The van der Waals surface area contributed by atoms with Crippen LogP contribution in [0.25, 0.3) is 10.9 Å². The Morgan fingerprint density at radius 2 is 1.96 bits per heavy atom. The Hall–Kier alpha value is -2.17. The molecule has 0 fully saturated rings. The molecule has 0 spiro atoms. The molecule has 1 aliphatic rings. The van der Waals surface area contributed by atoms with Gasteiger partial charge >= 0.3 is 6.03 Å². The number of amides is 2. The Bertz CT molecular complexity index is 935. The van der Waals surface area contributed by atoms with Crippen molar-refractivity contribution in [3.63, 3.8) is 0 Å². The largest absolute Gasteiger partial charge is 0.357 e. The topological polar surface area (TPSA) is 48.1 Å². The maximum Gasteiger partial charge on any atom is 0.322 e. The number of H-pyrrole nitrogens is 1. The molecule has 0 saturated carbocycles. The Morgan fingerprint density at radius 1 is 1.12 bits per heavy atom. The fourth-order valence-electron chi connectivity index (χ4n) is 3.14. The molecule has 0 atom stereocenters. The van der Waals surface area contributed by atoms with Gasteiger partial charge in [-0.15, -0.1) is 0 Å². The molecule has 24 heavy (non-hydrogen) atoms. The summed E-state index contributed by atoms with van der Waals surface area (Å²) in [6, 6.07) is 13.2. The number of nitrogens with one attached hydrogen (secondary N) is 2. The first kappa shape index (κ1) is 15.4. The van der Waals surface area contributed by atoms with E-state index in [2.05, 4.69) is 22.4 Å². The van der Waals surface area contributed by atoms with Crippen LogP contribution in [0.15, 0.2) is 42.5 Å². The van der Waals surface area contributed by atoms with Gasteiger partial charge in [-0.1, -0.05) is 41.4 Å². The summed E-state index contributed by atoms with van der Waals surface area (Å²) in [6.45, 7) is 1.25. The Labute approximate surface area is 149 Å². The van der Waals surface area contributed by atoms with Crippen molar-refractivity contribution in [3.8, 4) is 0 Å². The number of carbonyl (C=O) groups is 1. The predicted molar refractivity (Wildman–Crippen MR) is 97.9 cm³/mol. The van der Waals surface area contributed by atoms with Crippen molar-refractivity contribution >= 4 is 45.8 Å². The highest BCUT2D eigenvalue weighted by atomic mass is 35.5. The smallest absolute Gasteiger partial charge is 0.322 e. The molecule has 122 valence electrons. The van der Waals surface area contributed by atoms with E-state index in [1.807, 2.05) is 12.1 Å². The van der Waals surface area contributed by atoms with Gasteiger partial charge in [-0.2, -0.15) is 0 Å². The minimum atomic E-state index is -0.141. The van der Waals surface area contributed by atoms with Crippen LogP contribution in [0.1, 0.15) is 11.3 Å². The van der Waals surface area contributed by atoms with Crippen LogP contribution in [0.4, 0.5) is 10.5 Å². The molecule has 1 aliphatic heterocycles. The van der Waals surface area contributed by atoms with Crippen LogP contribution in [-0.4, -0.2) is 22.5 Å². The van der Waals surface area contributed by atoms with Crippen LogP contribution >= 0.6 is 23.2 Å². The van der Waals surface area contributed by atoms with Crippen molar-refractivity contribution in [2.45, 2.75) is 13.0 Å². The van der Waals surface area contributed by atoms with Gasteiger partial charge in [0.15, 0.2) is 0 Å². The molecule has 4 rings (SSSR count). The first-order valence-corrected chi connectivity index (χ1v) is 8.47. The molecular formula is C18H15Cl2N3O. The number of para-hydroxylation sites is 1. The Balaban J connectivity index is 1.53. The molecule has 2 N–H and O–H groups in total. The van der Waals surface area contributed by atoms with Gasteiger partial charge < -0.3 is 15.2 Å². The van der Waals surface area contributed by atoms with Gasteiger partial charge in [0.1, 0.15) is 0 Å². The summed E-state index contributed by atoms with van der Waals surface area (Å²) in [5.41, 5.74) is 4.17. The SMILES string of the molecule is O=C(Nc1ccc(Cl)c(Cl)c1)N1CCc2c([nH]c3ccccc23)C1. The molecule has 1 aromatic heterocycles. The van der Waals surface area contributed by atoms with Crippen LogP contribution in [0.2, 0.25) is 10.0 Å². The summed E-state index contributed by atoms with van der Waals surface area (Å²) in [5.74, 6) is 0. The third-order valence-corrected chi connectivity index (χ3v) is 5.08. The standard InChI is InChI=1S/C18H15Cl2N3O/c19-14-6-5-11(9-15(14)20)21-18(24)23-8-7-13-12-3-1-2-4-16(12)22-17(13)10-23/h1-6,9,22H,7-8,10H2,(H,21,24). The average Bonchev–Trinajstić information content (AvgIpc) is 2.96. The lowest BCUT2D eigenvalue weighted by Gasteiger charge is -2.27. The number of rotatable bonds is 1. The van der Waals surface area contributed by atoms with E-state index < -0.39 is 0 Å². The van der Waals surface area contributed by atoms with Gasteiger partial charge in [0, 0.05) is 28.8 Å². The second-order valence-electron chi connectivity index (χ2n) is 5.86. The molecule has 0 radical (unpaired) electrons. The van der Waals surface area contributed by atoms with Crippen molar-refractivity contribution in [3.05, 3.63) is 63.8 Å². The van der Waals surface area contributed by atoms with Gasteiger partial charge in [-0.3, -0.25) is 0 Å². The lowest BCUT2D eigenvalue weighted by molar-refractivity contribution is 0.206. The van der Waals surface area contributed by atoms with Gasteiger partial charge in [0.2, 0.25) is 0 Å². The van der Waals surface area contributed by atoms with Gasteiger partial charge in [0.05, 0.1) is 16.6 Å². The second kappa shape index (κ2) is 6.04. The normalized spacial score (nSPS) is 13.8. The number of hydrogen-bond donors (Lipinski definition) is 2. The lowest BCUT2D eigenvalue weighted by Crippen LogP contribution is -2.38. The van der Waals surface area contributed by atoms with Crippen molar-refractivity contribution in [2.24, 2.45) is 0 Å². The van der Waals surface area contributed by atoms with E-state index in [1.54, 1.807) is 23.1 Å². The zero-order chi connectivity index (χ0) is 16.7. The molecule has 4 nitrogen and oxygen atoms in total. The monoisotopic (exact) mass is 359 g/mol. The van der Waals surface area contributed by atoms with Gasteiger partial charge in [-0.05, 0) is 36.2 Å². The van der Waals surface area contributed by atoms with Crippen LogP contribution < -0.4 is 5.32 Å². The maximum absolute atomic E-state index is 12.5. The molecule has 2 amide bonds. The highest BCUT2D eigenvalue weighted by Gasteiger charge is 2.23. The van der Waals surface area contributed by atoms with Crippen molar-refractivity contribution < 1.29 is 4.79 Å². The molecule has 2 heterocycles. The quantitative estimate of drug-likeness (QED) is 0.626. The minimum Gasteiger partial charge on any atom is -0.357 e. The zero-order valence-corrected chi connectivity index (χ0v) is 14.3. The first-order chi connectivity index (χ1) is 11.6. The Kier molecular flexibility index (Phi) is 3.87. The second-order valence-corrected chi connectivity index (χ2v) is 6.67. The number of carbonyl (C=O) groups excluding carboxylic acids is 1. The molecule has 0 unspecified atom stereocenters. The van der Waals surface area contributed by atoms with E-state index in [0.717, 1.165) is 17.6 Å². The van der Waals surface area contributed by atoms with Crippen molar-refractivity contribution in [1.82, 2.24) is 9.88 Å². The van der Waals surface area contributed by atoms with E-state index in [0.29, 0.717) is 28.8 Å². The van der Waals surface area contributed by atoms with Crippen LogP contribution in [0, 0.1) is 0 Å². The maximum atomic E-state index is 12.5. The molecular weight excluding hydrogens is 345 g/mol. The summed E-state index contributed by atoms with van der Waals surface area (Å²) in [5, 5.41) is 5.01.